The minimum absolute atomic E-state index is 0.133. The molecule has 3 nitrogen and oxygen atoms in total. The predicted molar refractivity (Wildman–Crippen MR) is 84.0 cm³/mol. The summed E-state index contributed by atoms with van der Waals surface area (Å²) in [6.45, 7) is 15.8. The quantitative estimate of drug-likeness (QED) is 0.781. The number of hydrogen-bond donors (Lipinski definition) is 0. The molecule has 0 spiro atoms. The van der Waals surface area contributed by atoms with Crippen molar-refractivity contribution in [3.05, 3.63) is 23.8 Å². The van der Waals surface area contributed by atoms with Gasteiger partial charge in [-0.2, -0.15) is 0 Å². The third kappa shape index (κ3) is 3.57. The lowest BCUT2D eigenvalue weighted by Gasteiger charge is -2.40. The fourth-order valence-corrected chi connectivity index (χ4v) is 2.74. The minimum Gasteiger partial charge on any atom is -0.298 e. The molecule has 1 aliphatic heterocycles. The van der Waals surface area contributed by atoms with Crippen molar-refractivity contribution < 1.29 is 0 Å². The number of nitrogens with zero attached hydrogens (tertiary/aromatic N) is 3. The van der Waals surface area contributed by atoms with E-state index in [4.69, 9.17) is 0 Å². The zero-order valence-corrected chi connectivity index (χ0v) is 13.9. The molecular formula is C17H29N3. The summed E-state index contributed by atoms with van der Waals surface area (Å²) in [6.07, 6.45) is 6.37. The van der Waals surface area contributed by atoms with Gasteiger partial charge in [0.15, 0.2) is 0 Å². The van der Waals surface area contributed by atoms with Crippen LogP contribution in [0.25, 0.3) is 0 Å². The fraction of sp³-hybridized carbons (Fsp3) is 0.765. The molecule has 20 heavy (non-hydrogen) atoms. The van der Waals surface area contributed by atoms with Gasteiger partial charge in [-0.1, -0.05) is 20.8 Å². The van der Waals surface area contributed by atoms with Crippen molar-refractivity contribution in [3.8, 4) is 0 Å². The number of hydrogen-bond acceptors (Lipinski definition) is 3. The molecule has 0 N–H and O–H groups in total. The smallest absolute Gasteiger partial charge is 0.131 e. The van der Waals surface area contributed by atoms with Crippen LogP contribution in [-0.2, 0) is 5.41 Å². The van der Waals surface area contributed by atoms with Crippen LogP contribution < -0.4 is 0 Å². The predicted octanol–water partition coefficient (Wildman–Crippen LogP) is 3.75. The highest BCUT2D eigenvalue weighted by atomic mass is 15.2. The zero-order valence-electron chi connectivity index (χ0n) is 13.9. The molecule has 1 aromatic heterocycles. The van der Waals surface area contributed by atoms with Crippen LogP contribution in [0.3, 0.4) is 0 Å². The van der Waals surface area contributed by atoms with Crippen molar-refractivity contribution in [2.24, 2.45) is 0 Å². The molecule has 1 fully saturated rings. The van der Waals surface area contributed by atoms with E-state index in [0.717, 1.165) is 18.9 Å². The lowest BCUT2D eigenvalue weighted by molar-refractivity contribution is 0.101. The van der Waals surface area contributed by atoms with Crippen LogP contribution in [0.5, 0.6) is 0 Å². The Hall–Kier alpha value is -0.960. The number of piperidine rings is 1. The Morgan fingerprint density at radius 2 is 1.45 bits per heavy atom. The Labute approximate surface area is 123 Å². The summed E-state index contributed by atoms with van der Waals surface area (Å²) in [6, 6.07) is 0. The largest absolute Gasteiger partial charge is 0.298 e. The summed E-state index contributed by atoms with van der Waals surface area (Å²) in [7, 11) is 0. The van der Waals surface area contributed by atoms with Gasteiger partial charge >= 0.3 is 0 Å². The molecule has 0 unspecified atom stereocenters. The van der Waals surface area contributed by atoms with Crippen molar-refractivity contribution in [2.75, 3.05) is 13.1 Å². The monoisotopic (exact) mass is 275 g/mol. The second-order valence-electron chi connectivity index (χ2n) is 8.01. The van der Waals surface area contributed by atoms with E-state index in [1.807, 2.05) is 12.4 Å². The van der Waals surface area contributed by atoms with Gasteiger partial charge in [-0.3, -0.25) is 4.90 Å². The van der Waals surface area contributed by atoms with Gasteiger partial charge in [0.2, 0.25) is 0 Å². The maximum atomic E-state index is 4.63. The van der Waals surface area contributed by atoms with Crippen LogP contribution in [0, 0.1) is 0 Å². The van der Waals surface area contributed by atoms with E-state index >= 15 is 0 Å². The molecule has 0 radical (unpaired) electrons. The van der Waals surface area contributed by atoms with E-state index in [1.165, 1.54) is 18.4 Å². The lowest BCUT2D eigenvalue weighted by atomic mass is 9.89. The summed E-state index contributed by atoms with van der Waals surface area (Å²) >= 11 is 0. The topological polar surface area (TPSA) is 29.0 Å². The summed E-state index contributed by atoms with van der Waals surface area (Å²) in [5.41, 5.74) is 1.63. The third-order valence-electron chi connectivity index (χ3n) is 4.35. The Balaban J connectivity index is 2.01. The van der Waals surface area contributed by atoms with Crippen molar-refractivity contribution in [1.82, 2.24) is 14.9 Å². The van der Waals surface area contributed by atoms with Gasteiger partial charge in [-0.15, -0.1) is 0 Å². The van der Waals surface area contributed by atoms with Crippen LogP contribution in [0.4, 0.5) is 0 Å². The highest BCUT2D eigenvalue weighted by Crippen LogP contribution is 2.29. The third-order valence-corrected chi connectivity index (χ3v) is 4.35. The fourth-order valence-electron chi connectivity index (χ4n) is 2.74. The number of aromatic nitrogens is 2. The first-order valence-corrected chi connectivity index (χ1v) is 7.75. The first-order valence-electron chi connectivity index (χ1n) is 7.75. The van der Waals surface area contributed by atoms with Crippen molar-refractivity contribution in [3.63, 3.8) is 0 Å². The lowest BCUT2D eigenvalue weighted by Crippen LogP contribution is -2.45. The first-order chi connectivity index (χ1) is 9.18. The Kier molecular flexibility index (Phi) is 4.19. The summed E-state index contributed by atoms with van der Waals surface area (Å²) < 4.78 is 0. The molecule has 3 heteroatoms. The van der Waals surface area contributed by atoms with E-state index in [9.17, 15) is 0 Å². The molecular weight excluding hydrogens is 246 g/mol. The molecule has 0 bridgehead atoms. The molecule has 1 aromatic rings. The number of likely N-dealkylation sites (tertiary alicyclic amines) is 1. The van der Waals surface area contributed by atoms with Gasteiger partial charge in [0.05, 0.1) is 0 Å². The van der Waals surface area contributed by atoms with Gasteiger partial charge in [0.25, 0.3) is 0 Å². The normalized spacial score (nSPS) is 19.3. The Bertz CT molecular complexity index is 429. The second kappa shape index (κ2) is 5.44. The molecule has 112 valence electrons. The first kappa shape index (κ1) is 15.4. The van der Waals surface area contributed by atoms with E-state index in [2.05, 4.69) is 56.4 Å². The second-order valence-corrected chi connectivity index (χ2v) is 8.01. The van der Waals surface area contributed by atoms with Gasteiger partial charge < -0.3 is 0 Å². The van der Waals surface area contributed by atoms with E-state index < -0.39 is 0 Å². The summed E-state index contributed by atoms with van der Waals surface area (Å²) in [5.74, 6) is 1.56. The van der Waals surface area contributed by atoms with Gasteiger partial charge in [-0.05, 0) is 57.7 Å². The maximum absolute atomic E-state index is 4.63. The Morgan fingerprint density at radius 3 is 1.85 bits per heavy atom. The van der Waals surface area contributed by atoms with E-state index in [-0.39, 0.29) is 11.0 Å². The molecule has 0 aromatic carbocycles. The molecule has 0 atom stereocenters. The average Bonchev–Trinajstić information content (AvgIpc) is 2.37. The van der Waals surface area contributed by atoms with Crippen LogP contribution >= 0.6 is 0 Å². The molecule has 1 saturated heterocycles. The van der Waals surface area contributed by atoms with E-state index in [0.29, 0.717) is 5.92 Å². The van der Waals surface area contributed by atoms with Crippen molar-refractivity contribution in [1.29, 1.82) is 0 Å². The zero-order chi connectivity index (χ0) is 15.0. The van der Waals surface area contributed by atoms with Crippen LogP contribution in [-0.4, -0.2) is 33.5 Å². The van der Waals surface area contributed by atoms with E-state index in [1.54, 1.807) is 0 Å². The molecule has 1 aliphatic rings. The van der Waals surface area contributed by atoms with Crippen molar-refractivity contribution >= 4 is 0 Å². The molecule has 0 amide bonds. The van der Waals surface area contributed by atoms with Crippen LogP contribution in [0.15, 0.2) is 12.4 Å². The average molecular weight is 275 g/mol. The minimum atomic E-state index is 0.133. The van der Waals surface area contributed by atoms with Crippen LogP contribution in [0.1, 0.15) is 71.7 Å². The Morgan fingerprint density at radius 1 is 0.950 bits per heavy atom. The van der Waals surface area contributed by atoms with Gasteiger partial charge in [-0.25, -0.2) is 9.97 Å². The standard InChI is InChI=1S/C17H29N3/c1-16(2,3)14-11-18-15(19-12-14)13-7-9-20(10-8-13)17(4,5)6/h11-13H,7-10H2,1-6H3. The van der Waals surface area contributed by atoms with Crippen molar-refractivity contribution in [2.45, 2.75) is 71.3 Å². The van der Waals surface area contributed by atoms with Gasteiger partial charge in [0, 0.05) is 23.9 Å². The highest BCUT2D eigenvalue weighted by molar-refractivity contribution is 5.16. The summed E-state index contributed by atoms with van der Waals surface area (Å²) in [5, 5.41) is 0. The molecule has 0 aliphatic carbocycles. The number of rotatable bonds is 1. The van der Waals surface area contributed by atoms with Gasteiger partial charge in [0.1, 0.15) is 5.82 Å². The highest BCUT2D eigenvalue weighted by Gasteiger charge is 2.28. The molecule has 2 heterocycles. The summed E-state index contributed by atoms with van der Waals surface area (Å²) in [4.78, 5) is 11.8. The maximum Gasteiger partial charge on any atom is 0.131 e. The van der Waals surface area contributed by atoms with Crippen LogP contribution in [0.2, 0.25) is 0 Å². The SMILES string of the molecule is CC(C)(C)c1cnc(C2CCN(C(C)(C)C)CC2)nc1. The molecule has 2 rings (SSSR count). The molecule has 0 saturated carbocycles.